The minimum absolute atomic E-state index is 0.135. The fourth-order valence-corrected chi connectivity index (χ4v) is 2.07. The molecule has 0 aliphatic heterocycles. The molecule has 0 aliphatic carbocycles. The number of nitrogens with zero attached hydrogens (tertiary/aromatic N) is 3. The van der Waals surface area contributed by atoms with Crippen LogP contribution in [0.5, 0.6) is 0 Å². The first-order valence-corrected chi connectivity index (χ1v) is 5.27. The summed E-state index contributed by atoms with van der Waals surface area (Å²) in [4.78, 5) is 10.1. The Morgan fingerprint density at radius 3 is 2.29 bits per heavy atom. The van der Waals surface area contributed by atoms with Crippen LogP contribution in [0.15, 0.2) is 24.4 Å². The van der Waals surface area contributed by atoms with Crippen LogP contribution in [0.4, 0.5) is 5.82 Å². The number of aryl methyl sites for hydroxylation is 3. The fraction of sp³-hybridized carbons (Fsp3) is 0.250. The van der Waals surface area contributed by atoms with Gasteiger partial charge in [0.1, 0.15) is 0 Å². The average molecular weight is 231 g/mol. The van der Waals surface area contributed by atoms with Crippen LogP contribution in [0, 0.1) is 30.9 Å². The number of aromatic nitrogens is 2. The topological polar surface area (TPSA) is 61.0 Å². The minimum atomic E-state index is -0.491. The normalized spacial score (nSPS) is 10.5. The highest BCUT2D eigenvalue weighted by Gasteiger charge is 2.15. The van der Waals surface area contributed by atoms with E-state index in [9.17, 15) is 10.1 Å². The Bertz CT molecular complexity index is 564. The van der Waals surface area contributed by atoms with Gasteiger partial charge in [-0.2, -0.15) is 0 Å². The Morgan fingerprint density at radius 2 is 1.82 bits per heavy atom. The first-order valence-electron chi connectivity index (χ1n) is 5.27. The first-order chi connectivity index (χ1) is 7.99. The zero-order valence-corrected chi connectivity index (χ0v) is 9.97. The second-order valence-electron chi connectivity index (χ2n) is 4.12. The lowest BCUT2D eigenvalue weighted by Crippen LogP contribution is -2.02. The van der Waals surface area contributed by atoms with Crippen molar-refractivity contribution in [2.24, 2.45) is 0 Å². The SMILES string of the molecule is Cc1cc(C)c(-n2ccc([N+](=O)[O-])n2)c(C)c1. The van der Waals surface area contributed by atoms with Gasteiger partial charge in [-0.15, -0.1) is 4.68 Å². The van der Waals surface area contributed by atoms with E-state index < -0.39 is 4.92 Å². The average Bonchev–Trinajstić information content (AvgIpc) is 2.65. The van der Waals surface area contributed by atoms with Crippen molar-refractivity contribution < 1.29 is 4.92 Å². The molecule has 5 heteroatoms. The van der Waals surface area contributed by atoms with Crippen molar-refractivity contribution in [1.82, 2.24) is 9.78 Å². The molecule has 0 atom stereocenters. The van der Waals surface area contributed by atoms with Gasteiger partial charge < -0.3 is 10.1 Å². The summed E-state index contributed by atoms with van der Waals surface area (Å²) < 4.78 is 1.56. The Morgan fingerprint density at radius 1 is 1.24 bits per heavy atom. The van der Waals surface area contributed by atoms with Crippen molar-refractivity contribution in [2.75, 3.05) is 0 Å². The zero-order valence-electron chi connectivity index (χ0n) is 9.97. The van der Waals surface area contributed by atoms with E-state index in [4.69, 9.17) is 0 Å². The molecular formula is C12H13N3O2. The van der Waals surface area contributed by atoms with Crippen LogP contribution in [0.1, 0.15) is 16.7 Å². The Balaban J connectivity index is 2.56. The van der Waals surface area contributed by atoms with Crippen LogP contribution in [0.25, 0.3) is 5.69 Å². The van der Waals surface area contributed by atoms with Crippen molar-refractivity contribution in [2.45, 2.75) is 20.8 Å². The van der Waals surface area contributed by atoms with Crippen molar-refractivity contribution in [3.63, 3.8) is 0 Å². The molecule has 0 saturated heterocycles. The van der Waals surface area contributed by atoms with Crippen LogP contribution in [-0.4, -0.2) is 14.7 Å². The third-order valence-corrected chi connectivity index (χ3v) is 2.63. The molecule has 0 radical (unpaired) electrons. The van der Waals surface area contributed by atoms with E-state index in [1.165, 1.54) is 11.6 Å². The standard InChI is InChI=1S/C12H13N3O2/c1-8-6-9(2)12(10(3)7-8)14-5-4-11(13-14)15(16)17/h4-7H,1-3H3. The molecule has 0 aliphatic rings. The summed E-state index contributed by atoms with van der Waals surface area (Å²) in [5.41, 5.74) is 4.19. The third kappa shape index (κ3) is 2.04. The zero-order chi connectivity index (χ0) is 12.6. The maximum Gasteiger partial charge on any atom is 0.390 e. The highest BCUT2D eigenvalue weighted by atomic mass is 16.6. The van der Waals surface area contributed by atoms with Crippen molar-refractivity contribution in [3.05, 3.63) is 51.2 Å². The molecule has 0 unspecified atom stereocenters. The Hall–Kier alpha value is -2.17. The van der Waals surface area contributed by atoms with E-state index >= 15 is 0 Å². The van der Waals surface area contributed by atoms with Gasteiger partial charge >= 0.3 is 5.82 Å². The maximum atomic E-state index is 10.6. The third-order valence-electron chi connectivity index (χ3n) is 2.63. The van der Waals surface area contributed by atoms with Crippen LogP contribution in [0.2, 0.25) is 0 Å². The number of benzene rings is 1. The molecule has 2 aromatic rings. The Labute approximate surface area is 98.8 Å². The lowest BCUT2D eigenvalue weighted by atomic mass is 10.1. The summed E-state index contributed by atoms with van der Waals surface area (Å²) in [5.74, 6) is -0.135. The summed E-state index contributed by atoms with van der Waals surface area (Å²) in [6, 6.07) is 5.48. The predicted octanol–water partition coefficient (Wildman–Crippen LogP) is 2.71. The number of hydrogen-bond donors (Lipinski definition) is 0. The summed E-state index contributed by atoms with van der Waals surface area (Å²) in [7, 11) is 0. The smallest absolute Gasteiger partial charge is 0.358 e. The molecule has 17 heavy (non-hydrogen) atoms. The summed E-state index contributed by atoms with van der Waals surface area (Å²) in [6.45, 7) is 5.97. The molecule has 0 fully saturated rings. The molecule has 2 rings (SSSR count). The van der Waals surface area contributed by atoms with Gasteiger partial charge in [0, 0.05) is 0 Å². The molecular weight excluding hydrogens is 218 g/mol. The molecule has 0 amide bonds. The molecule has 88 valence electrons. The summed E-state index contributed by atoms with van der Waals surface area (Å²) in [6.07, 6.45) is 1.61. The van der Waals surface area contributed by atoms with Gasteiger partial charge in [0.05, 0.1) is 23.0 Å². The second kappa shape index (κ2) is 4.01. The molecule has 0 N–H and O–H groups in total. The molecule has 0 spiro atoms. The van der Waals surface area contributed by atoms with Gasteiger partial charge in [-0.05, 0) is 36.8 Å². The largest absolute Gasteiger partial charge is 0.390 e. The molecule has 0 bridgehead atoms. The van der Waals surface area contributed by atoms with E-state index in [-0.39, 0.29) is 5.82 Å². The minimum Gasteiger partial charge on any atom is -0.358 e. The Kier molecular flexibility index (Phi) is 2.67. The highest BCUT2D eigenvalue weighted by molar-refractivity contribution is 5.49. The predicted molar refractivity (Wildman–Crippen MR) is 64.4 cm³/mol. The lowest BCUT2D eigenvalue weighted by molar-refractivity contribution is -0.389. The first kappa shape index (κ1) is 11.3. The lowest BCUT2D eigenvalue weighted by Gasteiger charge is -2.08. The van der Waals surface area contributed by atoms with Crippen LogP contribution in [0.3, 0.4) is 0 Å². The van der Waals surface area contributed by atoms with Crippen molar-refractivity contribution in [1.29, 1.82) is 0 Å². The van der Waals surface area contributed by atoms with Crippen LogP contribution in [-0.2, 0) is 0 Å². The van der Waals surface area contributed by atoms with Gasteiger partial charge in [-0.1, -0.05) is 17.7 Å². The highest BCUT2D eigenvalue weighted by Crippen LogP contribution is 2.21. The van der Waals surface area contributed by atoms with E-state index in [0.717, 1.165) is 16.8 Å². The molecule has 1 heterocycles. The van der Waals surface area contributed by atoms with Gasteiger partial charge in [-0.3, -0.25) is 0 Å². The van der Waals surface area contributed by atoms with E-state index in [0.29, 0.717) is 0 Å². The number of rotatable bonds is 2. The monoisotopic (exact) mass is 231 g/mol. The summed E-state index contributed by atoms with van der Waals surface area (Å²) >= 11 is 0. The quantitative estimate of drug-likeness (QED) is 0.589. The summed E-state index contributed by atoms with van der Waals surface area (Å²) in [5, 5.41) is 14.5. The molecule has 1 aromatic heterocycles. The van der Waals surface area contributed by atoms with Crippen LogP contribution >= 0.6 is 0 Å². The van der Waals surface area contributed by atoms with Crippen molar-refractivity contribution >= 4 is 5.82 Å². The molecule has 0 saturated carbocycles. The van der Waals surface area contributed by atoms with Gasteiger partial charge in [0.25, 0.3) is 0 Å². The maximum absolute atomic E-state index is 10.6. The van der Waals surface area contributed by atoms with E-state index in [1.54, 1.807) is 10.9 Å². The van der Waals surface area contributed by atoms with Gasteiger partial charge in [0.2, 0.25) is 0 Å². The van der Waals surface area contributed by atoms with Gasteiger partial charge in [-0.25, -0.2) is 0 Å². The van der Waals surface area contributed by atoms with E-state index in [1.807, 2.05) is 32.9 Å². The molecule has 5 nitrogen and oxygen atoms in total. The fourth-order valence-electron chi connectivity index (χ4n) is 2.07. The van der Waals surface area contributed by atoms with Crippen LogP contribution < -0.4 is 0 Å². The number of hydrogen-bond acceptors (Lipinski definition) is 3. The van der Waals surface area contributed by atoms with Gasteiger partial charge in [0.15, 0.2) is 0 Å². The molecule has 1 aromatic carbocycles. The van der Waals surface area contributed by atoms with Crippen molar-refractivity contribution in [3.8, 4) is 5.69 Å². The second-order valence-corrected chi connectivity index (χ2v) is 4.12. The number of nitro groups is 1. The van der Waals surface area contributed by atoms with E-state index in [2.05, 4.69) is 5.10 Å².